The second kappa shape index (κ2) is 9.13. The van der Waals surface area contributed by atoms with Crippen LogP contribution in [0.25, 0.3) is 0 Å². The van der Waals surface area contributed by atoms with E-state index < -0.39 is 39.6 Å². The van der Waals surface area contributed by atoms with Crippen molar-refractivity contribution < 1.29 is 27.2 Å². The van der Waals surface area contributed by atoms with E-state index in [1.807, 2.05) is 13.8 Å². The molecule has 2 aliphatic heterocycles. The van der Waals surface area contributed by atoms with Gasteiger partial charge in [0.25, 0.3) is 11.5 Å². The molecule has 1 unspecified atom stereocenters. The number of oxime groups is 1. The van der Waals surface area contributed by atoms with E-state index in [2.05, 4.69) is 10.1 Å². The number of carbonyl (C=O) groups is 1. The molecule has 2 aliphatic rings. The lowest BCUT2D eigenvalue weighted by Gasteiger charge is -2.30. The molecule has 0 fully saturated rings. The van der Waals surface area contributed by atoms with Crippen LogP contribution in [0.5, 0.6) is 0 Å². The van der Waals surface area contributed by atoms with Gasteiger partial charge in [0.15, 0.2) is 5.82 Å². The highest BCUT2D eigenvalue weighted by Gasteiger charge is 2.63. The summed E-state index contributed by atoms with van der Waals surface area (Å²) in [6.07, 6.45) is -3.99. The number of halogens is 6. The van der Waals surface area contributed by atoms with Gasteiger partial charge < -0.3 is 14.6 Å². The average molecular weight is 533 g/mol. The Morgan fingerprint density at radius 3 is 2.43 bits per heavy atom. The van der Waals surface area contributed by atoms with Crippen LogP contribution in [-0.2, 0) is 23.5 Å². The molecule has 35 heavy (non-hydrogen) atoms. The molecule has 0 spiro atoms. The van der Waals surface area contributed by atoms with Crippen molar-refractivity contribution >= 4 is 34.9 Å². The fraction of sp³-hybridized carbons (Fsp3) is 0.435. The number of alkyl halides is 3. The number of fused-ring (bicyclic) bond motifs is 1. The quantitative estimate of drug-likeness (QED) is 0.371. The highest BCUT2D eigenvalue weighted by Crippen LogP contribution is 2.50. The normalized spacial score (nSPS) is 19.6. The Bertz CT molecular complexity index is 1180. The van der Waals surface area contributed by atoms with Crippen LogP contribution in [0.3, 0.4) is 0 Å². The Morgan fingerprint density at radius 2 is 1.83 bits per heavy atom. The number of pyridine rings is 1. The molecule has 0 N–H and O–H groups in total. The van der Waals surface area contributed by atoms with Crippen molar-refractivity contribution in [3.8, 4) is 0 Å². The van der Waals surface area contributed by atoms with Crippen molar-refractivity contribution in [3.63, 3.8) is 0 Å². The van der Waals surface area contributed by atoms with E-state index >= 15 is 0 Å². The first-order valence-electron chi connectivity index (χ1n) is 10.8. The number of benzene rings is 1. The maximum absolute atomic E-state index is 14.2. The molecule has 2 aromatic rings. The van der Waals surface area contributed by atoms with Gasteiger partial charge in [-0.05, 0) is 35.2 Å². The summed E-state index contributed by atoms with van der Waals surface area (Å²) in [5, 5.41) is 2.65. The van der Waals surface area contributed by atoms with Crippen LogP contribution in [0.15, 0.2) is 29.6 Å². The first-order valence-corrected chi connectivity index (χ1v) is 11.5. The maximum atomic E-state index is 14.2. The lowest BCUT2D eigenvalue weighted by molar-refractivity contribution is -0.275. The lowest BCUT2D eigenvalue weighted by Crippen LogP contribution is -2.44. The van der Waals surface area contributed by atoms with Crippen LogP contribution in [0.2, 0.25) is 10.0 Å². The Kier molecular flexibility index (Phi) is 6.65. The monoisotopic (exact) mass is 532 g/mol. The smallest absolute Gasteiger partial charge is 0.372 e. The van der Waals surface area contributed by atoms with Crippen molar-refractivity contribution in [2.45, 2.75) is 45.1 Å². The molecule has 0 radical (unpaired) electrons. The SMILES string of the molecule is CC(C)CN(C)C(=O)c1cc2c(cn1)CN(C1=NOC(c3cc(Cl)c(F)c(Cl)c3)(C(F)(F)F)C1)C2. The van der Waals surface area contributed by atoms with Crippen molar-refractivity contribution in [1.29, 1.82) is 0 Å². The summed E-state index contributed by atoms with van der Waals surface area (Å²) in [5.74, 6) is -0.906. The van der Waals surface area contributed by atoms with E-state index in [0.717, 1.165) is 23.3 Å². The zero-order valence-electron chi connectivity index (χ0n) is 19.1. The molecule has 188 valence electrons. The molecular weight excluding hydrogens is 511 g/mol. The van der Waals surface area contributed by atoms with Gasteiger partial charge in [-0.15, -0.1) is 0 Å². The van der Waals surface area contributed by atoms with E-state index in [4.69, 9.17) is 28.0 Å². The van der Waals surface area contributed by atoms with Crippen LogP contribution in [-0.4, -0.2) is 46.3 Å². The molecule has 1 aromatic carbocycles. The number of aromatic nitrogens is 1. The third-order valence-corrected chi connectivity index (χ3v) is 6.55. The summed E-state index contributed by atoms with van der Waals surface area (Å²) >= 11 is 11.5. The van der Waals surface area contributed by atoms with Crippen molar-refractivity contribution in [2.75, 3.05) is 13.6 Å². The van der Waals surface area contributed by atoms with E-state index in [9.17, 15) is 22.4 Å². The van der Waals surface area contributed by atoms with Crippen LogP contribution in [0, 0.1) is 11.7 Å². The molecule has 4 rings (SSSR count). The van der Waals surface area contributed by atoms with Crippen LogP contribution >= 0.6 is 23.2 Å². The van der Waals surface area contributed by atoms with E-state index in [0.29, 0.717) is 6.54 Å². The Hall–Kier alpha value is -2.59. The van der Waals surface area contributed by atoms with Gasteiger partial charge in [-0.3, -0.25) is 9.78 Å². The second-order valence-electron chi connectivity index (χ2n) is 9.13. The predicted molar refractivity (Wildman–Crippen MR) is 123 cm³/mol. The molecule has 0 aliphatic carbocycles. The van der Waals surface area contributed by atoms with Gasteiger partial charge >= 0.3 is 6.18 Å². The zero-order chi connectivity index (χ0) is 25.7. The van der Waals surface area contributed by atoms with Gasteiger partial charge in [0.05, 0.1) is 16.5 Å². The van der Waals surface area contributed by atoms with E-state index in [1.165, 1.54) is 0 Å². The highest BCUT2D eigenvalue weighted by molar-refractivity contribution is 6.35. The second-order valence-corrected chi connectivity index (χ2v) is 9.94. The molecule has 0 saturated carbocycles. The summed E-state index contributed by atoms with van der Waals surface area (Å²) in [6, 6.07) is 3.35. The lowest BCUT2D eigenvalue weighted by atomic mass is 9.89. The number of hydrogen-bond donors (Lipinski definition) is 0. The van der Waals surface area contributed by atoms with Crippen molar-refractivity contribution in [1.82, 2.24) is 14.8 Å². The predicted octanol–water partition coefficient (Wildman–Crippen LogP) is 5.76. The molecule has 1 atom stereocenters. The molecule has 12 heteroatoms. The zero-order valence-corrected chi connectivity index (χ0v) is 20.6. The fourth-order valence-electron chi connectivity index (χ4n) is 4.25. The molecular formula is C23H22Cl2F4N4O2. The van der Waals surface area contributed by atoms with Gasteiger partial charge in [0.1, 0.15) is 11.5 Å². The van der Waals surface area contributed by atoms with Crippen molar-refractivity contribution in [2.24, 2.45) is 11.1 Å². The number of hydrogen-bond acceptors (Lipinski definition) is 5. The number of carbonyl (C=O) groups excluding carboxylic acids is 1. The first-order chi connectivity index (χ1) is 16.3. The highest BCUT2D eigenvalue weighted by atomic mass is 35.5. The van der Waals surface area contributed by atoms with Crippen LogP contribution < -0.4 is 0 Å². The number of amides is 1. The Morgan fingerprint density at radius 1 is 1.20 bits per heavy atom. The Balaban J connectivity index is 1.56. The minimum Gasteiger partial charge on any atom is -0.372 e. The molecule has 3 heterocycles. The minimum atomic E-state index is -4.89. The van der Waals surface area contributed by atoms with Crippen LogP contribution in [0.1, 0.15) is 47.4 Å². The van der Waals surface area contributed by atoms with Gasteiger partial charge in [0, 0.05) is 38.4 Å². The summed E-state index contributed by atoms with van der Waals surface area (Å²) in [5.41, 5.74) is -1.51. The minimum absolute atomic E-state index is 0.0555. The van der Waals surface area contributed by atoms with Gasteiger partial charge in [-0.25, -0.2) is 4.39 Å². The third-order valence-electron chi connectivity index (χ3n) is 6.00. The summed E-state index contributed by atoms with van der Waals surface area (Å²) in [7, 11) is 1.69. The largest absolute Gasteiger partial charge is 0.435 e. The van der Waals surface area contributed by atoms with Gasteiger partial charge in [0.2, 0.25) is 0 Å². The van der Waals surface area contributed by atoms with Gasteiger partial charge in [-0.2, -0.15) is 13.2 Å². The number of rotatable bonds is 4. The average Bonchev–Trinajstić information content (AvgIpc) is 3.40. The molecule has 6 nitrogen and oxygen atoms in total. The van der Waals surface area contributed by atoms with Crippen molar-refractivity contribution in [3.05, 3.63) is 62.6 Å². The molecule has 0 saturated heterocycles. The number of nitrogens with zero attached hydrogens (tertiary/aromatic N) is 4. The summed E-state index contributed by atoms with van der Waals surface area (Å²) in [6.45, 7) is 5.04. The molecule has 1 amide bonds. The van der Waals surface area contributed by atoms with E-state index in [-0.39, 0.29) is 36.4 Å². The first kappa shape index (κ1) is 25.5. The summed E-state index contributed by atoms with van der Waals surface area (Å²) < 4.78 is 56.6. The topological polar surface area (TPSA) is 58.0 Å². The third kappa shape index (κ3) is 4.65. The van der Waals surface area contributed by atoms with Gasteiger partial charge in [-0.1, -0.05) is 42.2 Å². The Labute approximate surface area is 209 Å². The number of amidine groups is 1. The van der Waals surface area contributed by atoms with E-state index in [1.54, 1.807) is 29.1 Å². The maximum Gasteiger partial charge on any atom is 0.435 e. The fourth-order valence-corrected chi connectivity index (χ4v) is 4.74. The summed E-state index contributed by atoms with van der Waals surface area (Å²) in [4.78, 5) is 25.1. The van der Waals surface area contributed by atoms with Crippen LogP contribution in [0.4, 0.5) is 17.6 Å². The standard InChI is InChI=1S/C23H22Cl2F4N4O2/c1-12(2)9-32(3)21(34)18-4-13-10-33(11-14(13)8-30-18)19-7-22(35-31-19,23(27,28)29)15-5-16(24)20(26)17(25)6-15/h4-6,8,12H,7,9-11H2,1-3H3. The molecule has 0 bridgehead atoms. The molecule has 1 aromatic heterocycles.